The molecule has 0 fully saturated rings. The molecule has 1 aliphatic rings. The number of anilines is 1. The van der Waals surface area contributed by atoms with E-state index in [1.807, 2.05) is 47.4 Å². The fraction of sp³-hybridized carbons (Fsp3) is 0.350. The molecule has 0 radical (unpaired) electrons. The normalized spacial score (nSPS) is 12.7. The number of benzene rings is 2. The van der Waals surface area contributed by atoms with Gasteiger partial charge in [-0.05, 0) is 61.7 Å². The van der Waals surface area contributed by atoms with Crippen molar-refractivity contribution in [3.8, 4) is 11.5 Å². The van der Waals surface area contributed by atoms with Crippen molar-refractivity contribution in [3.63, 3.8) is 0 Å². The zero-order valence-electron chi connectivity index (χ0n) is 14.3. The van der Waals surface area contributed by atoms with Gasteiger partial charge in [-0.3, -0.25) is 0 Å². The van der Waals surface area contributed by atoms with Crippen molar-refractivity contribution in [1.82, 2.24) is 0 Å². The highest BCUT2D eigenvalue weighted by molar-refractivity contribution is 7.80. The van der Waals surface area contributed by atoms with Gasteiger partial charge in [0.05, 0.1) is 18.9 Å². The highest BCUT2D eigenvalue weighted by Crippen LogP contribution is 2.31. The molecule has 4 nitrogen and oxygen atoms in total. The van der Waals surface area contributed by atoms with Gasteiger partial charge >= 0.3 is 0 Å². The summed E-state index contributed by atoms with van der Waals surface area (Å²) < 4.78 is 11.6. The van der Waals surface area contributed by atoms with E-state index >= 15 is 0 Å². The average Bonchev–Trinajstić information content (AvgIpc) is 3.05. The zero-order chi connectivity index (χ0) is 17.5. The highest BCUT2D eigenvalue weighted by Gasteiger charge is 2.21. The van der Waals surface area contributed by atoms with E-state index < -0.39 is 0 Å². The molecular weight excluding hydrogens is 332 g/mol. The summed E-state index contributed by atoms with van der Waals surface area (Å²) in [5.41, 5.74) is 8.14. The van der Waals surface area contributed by atoms with Crippen LogP contribution < -0.4 is 20.1 Å². The molecule has 1 aliphatic heterocycles. The van der Waals surface area contributed by atoms with E-state index in [-0.39, 0.29) is 0 Å². The van der Waals surface area contributed by atoms with Gasteiger partial charge in [-0.1, -0.05) is 24.3 Å². The van der Waals surface area contributed by atoms with E-state index in [9.17, 15) is 0 Å². The molecule has 0 saturated carbocycles. The fourth-order valence-corrected chi connectivity index (χ4v) is 3.15. The van der Waals surface area contributed by atoms with Crippen molar-refractivity contribution in [2.75, 3.05) is 24.7 Å². The molecule has 0 unspecified atom stereocenters. The Morgan fingerprint density at radius 2 is 1.68 bits per heavy atom. The Labute approximate surface area is 154 Å². The summed E-state index contributed by atoms with van der Waals surface area (Å²) in [5.74, 6) is 1.81. The maximum atomic E-state index is 5.87. The second-order valence-electron chi connectivity index (χ2n) is 6.10. The monoisotopic (exact) mass is 356 g/mol. The number of hydrogen-bond acceptors (Lipinski definition) is 3. The first kappa shape index (κ1) is 17.5. The summed E-state index contributed by atoms with van der Waals surface area (Å²) in [6.45, 7) is 2.30. The maximum Gasteiger partial charge on any atom is 0.170 e. The van der Waals surface area contributed by atoms with E-state index in [4.69, 9.17) is 27.4 Å². The molecule has 1 heterocycles. The Morgan fingerprint density at radius 1 is 0.960 bits per heavy atom. The number of fused-ring (bicyclic) bond motifs is 1. The van der Waals surface area contributed by atoms with Crippen LogP contribution in [0.25, 0.3) is 0 Å². The first-order valence-electron chi connectivity index (χ1n) is 8.74. The van der Waals surface area contributed by atoms with Crippen LogP contribution in [0.5, 0.6) is 11.5 Å². The third-order valence-electron chi connectivity index (χ3n) is 4.29. The highest BCUT2D eigenvalue weighted by atomic mass is 32.1. The minimum Gasteiger partial charge on any atom is -0.494 e. The van der Waals surface area contributed by atoms with Crippen molar-refractivity contribution in [1.29, 1.82) is 0 Å². The van der Waals surface area contributed by atoms with Gasteiger partial charge in [0.2, 0.25) is 0 Å². The van der Waals surface area contributed by atoms with Crippen molar-refractivity contribution < 1.29 is 9.47 Å². The summed E-state index contributed by atoms with van der Waals surface area (Å²) >= 11 is 5.11. The SMILES string of the molecule is NC(=S)N1CCc2ccc(OCCCCCOc3ccccc3)cc21. The van der Waals surface area contributed by atoms with Crippen molar-refractivity contribution in [3.05, 3.63) is 54.1 Å². The first-order valence-corrected chi connectivity index (χ1v) is 9.15. The molecule has 0 aromatic heterocycles. The van der Waals surface area contributed by atoms with Crippen LogP contribution >= 0.6 is 12.2 Å². The van der Waals surface area contributed by atoms with Crippen LogP contribution in [0.2, 0.25) is 0 Å². The molecule has 2 aromatic carbocycles. The Kier molecular flexibility index (Phi) is 6.12. The molecule has 132 valence electrons. The van der Waals surface area contributed by atoms with Crippen molar-refractivity contribution in [2.45, 2.75) is 25.7 Å². The quantitative estimate of drug-likeness (QED) is 0.574. The molecule has 2 N–H and O–H groups in total. The van der Waals surface area contributed by atoms with Crippen LogP contribution in [-0.4, -0.2) is 24.9 Å². The molecule has 0 amide bonds. The number of para-hydroxylation sites is 1. The number of thiocarbonyl (C=S) groups is 1. The Hall–Kier alpha value is -2.27. The fourth-order valence-electron chi connectivity index (χ4n) is 2.96. The van der Waals surface area contributed by atoms with Crippen molar-refractivity contribution >= 4 is 23.0 Å². The lowest BCUT2D eigenvalue weighted by atomic mass is 10.1. The van der Waals surface area contributed by atoms with E-state index in [1.165, 1.54) is 5.56 Å². The minimum atomic E-state index is 0.425. The predicted octanol–water partition coefficient (Wildman–Crippen LogP) is 3.92. The second-order valence-corrected chi connectivity index (χ2v) is 6.52. The van der Waals surface area contributed by atoms with E-state index in [0.29, 0.717) is 11.7 Å². The minimum absolute atomic E-state index is 0.425. The predicted molar refractivity (Wildman–Crippen MR) is 106 cm³/mol. The lowest BCUT2D eigenvalue weighted by Gasteiger charge is -2.17. The van der Waals surface area contributed by atoms with Crippen LogP contribution in [0.15, 0.2) is 48.5 Å². The number of rotatable bonds is 8. The van der Waals surface area contributed by atoms with Gasteiger partial charge in [-0.15, -0.1) is 0 Å². The molecule has 0 aliphatic carbocycles. The summed E-state index contributed by atoms with van der Waals surface area (Å²) in [6, 6.07) is 16.1. The van der Waals surface area contributed by atoms with Gasteiger partial charge in [0.15, 0.2) is 5.11 Å². The average molecular weight is 356 g/mol. The van der Waals surface area contributed by atoms with Crippen LogP contribution in [0.3, 0.4) is 0 Å². The topological polar surface area (TPSA) is 47.7 Å². The van der Waals surface area contributed by atoms with Gasteiger partial charge in [-0.2, -0.15) is 0 Å². The van der Waals surface area contributed by atoms with Crippen LogP contribution in [-0.2, 0) is 6.42 Å². The lowest BCUT2D eigenvalue weighted by Crippen LogP contribution is -2.33. The molecule has 2 aromatic rings. The molecule has 0 bridgehead atoms. The largest absolute Gasteiger partial charge is 0.494 e. The third kappa shape index (κ3) is 4.86. The van der Waals surface area contributed by atoms with Gasteiger partial charge in [0, 0.05) is 12.6 Å². The van der Waals surface area contributed by atoms with Crippen LogP contribution in [0.1, 0.15) is 24.8 Å². The summed E-state index contributed by atoms with van der Waals surface area (Å²) in [4.78, 5) is 1.97. The number of ether oxygens (including phenoxy) is 2. The van der Waals surface area contributed by atoms with Crippen LogP contribution in [0, 0.1) is 0 Å². The number of hydrogen-bond donors (Lipinski definition) is 1. The van der Waals surface area contributed by atoms with Gasteiger partial charge in [0.25, 0.3) is 0 Å². The smallest absolute Gasteiger partial charge is 0.170 e. The zero-order valence-corrected chi connectivity index (χ0v) is 15.1. The summed E-state index contributed by atoms with van der Waals surface area (Å²) in [5, 5.41) is 0.425. The molecule has 0 saturated heterocycles. The molecule has 3 rings (SSSR count). The number of unbranched alkanes of at least 4 members (excludes halogenated alkanes) is 2. The number of nitrogens with zero attached hydrogens (tertiary/aromatic N) is 1. The maximum absolute atomic E-state index is 5.87. The van der Waals surface area contributed by atoms with Gasteiger partial charge < -0.3 is 20.1 Å². The number of nitrogens with two attached hydrogens (primary N) is 1. The lowest BCUT2D eigenvalue weighted by molar-refractivity contribution is 0.279. The first-order chi connectivity index (χ1) is 12.2. The van der Waals surface area contributed by atoms with Crippen LogP contribution in [0.4, 0.5) is 5.69 Å². The summed E-state index contributed by atoms with van der Waals surface area (Å²) in [7, 11) is 0. The second kappa shape index (κ2) is 8.72. The Balaban J connectivity index is 1.36. The standard InChI is InChI=1S/C20H24N2O2S/c21-20(25)22-12-11-16-9-10-18(15-19(16)22)24-14-6-2-5-13-23-17-7-3-1-4-8-17/h1,3-4,7-10,15H,2,5-6,11-14H2,(H2,21,25). The third-order valence-corrected chi connectivity index (χ3v) is 4.51. The van der Waals surface area contributed by atoms with Crippen molar-refractivity contribution in [2.24, 2.45) is 5.73 Å². The van der Waals surface area contributed by atoms with Gasteiger partial charge in [-0.25, -0.2) is 0 Å². The van der Waals surface area contributed by atoms with E-state index in [1.54, 1.807) is 0 Å². The molecule has 5 heteroatoms. The molecule has 0 atom stereocenters. The molecular formula is C20H24N2O2S. The van der Waals surface area contributed by atoms with E-state index in [2.05, 4.69) is 6.07 Å². The van der Waals surface area contributed by atoms with Gasteiger partial charge in [0.1, 0.15) is 11.5 Å². The Bertz CT molecular complexity index is 706. The molecule has 0 spiro atoms. The Morgan fingerprint density at radius 3 is 2.40 bits per heavy atom. The molecule has 25 heavy (non-hydrogen) atoms. The summed E-state index contributed by atoms with van der Waals surface area (Å²) in [6.07, 6.45) is 4.09. The van der Waals surface area contributed by atoms with E-state index in [0.717, 1.165) is 56.0 Å².